The molecule has 1 aliphatic heterocycles. The zero-order chi connectivity index (χ0) is 20.5. The molecule has 1 heterocycles. The van der Waals surface area contributed by atoms with Gasteiger partial charge in [-0.25, -0.2) is 0 Å². The van der Waals surface area contributed by atoms with E-state index in [1.165, 1.54) is 0 Å². The van der Waals surface area contributed by atoms with Gasteiger partial charge in [-0.3, -0.25) is 4.79 Å². The monoisotopic (exact) mass is 391 g/mol. The molecule has 0 aromatic heterocycles. The van der Waals surface area contributed by atoms with Gasteiger partial charge in [0.05, 0.1) is 6.42 Å². The van der Waals surface area contributed by atoms with Gasteiger partial charge in [-0.15, -0.1) is 0 Å². The van der Waals surface area contributed by atoms with E-state index in [0.717, 1.165) is 11.1 Å². The van der Waals surface area contributed by atoms with Gasteiger partial charge in [0.25, 0.3) is 0 Å². The number of carbonyl (C=O) groups is 1. The summed E-state index contributed by atoms with van der Waals surface area (Å²) < 4.78 is 45.4. The Morgan fingerprint density at radius 1 is 1.32 bits per heavy atom. The number of carboxylic acid groups (broad SMARTS) is 1. The average molecular weight is 391 g/mol. The molecule has 7 heteroatoms. The molecule has 3 rings (SSSR count). The van der Waals surface area contributed by atoms with Crippen LogP contribution in [0.4, 0.5) is 18.9 Å². The lowest BCUT2D eigenvalue weighted by Crippen LogP contribution is -2.41. The van der Waals surface area contributed by atoms with Crippen molar-refractivity contribution in [3.63, 3.8) is 0 Å². The standard InChI is InChI=1S/C21H20F3NO3/c1-12-7-14(11-28-18-6-4-3-5-15(18)10-19(26)27)9-17-16(12)8-13(2)20(25-17)21(22,23)24/h3-7,9,20,25H,2,8,10-11H2,1H3,(H,26,27). The molecule has 1 unspecified atom stereocenters. The van der Waals surface area contributed by atoms with Crippen molar-refractivity contribution in [1.29, 1.82) is 0 Å². The number of aryl methyl sites for hydroxylation is 1. The van der Waals surface area contributed by atoms with E-state index in [4.69, 9.17) is 9.84 Å². The summed E-state index contributed by atoms with van der Waals surface area (Å²) in [6.45, 7) is 5.53. The van der Waals surface area contributed by atoms with Crippen LogP contribution in [0.15, 0.2) is 48.6 Å². The summed E-state index contributed by atoms with van der Waals surface area (Å²) in [7, 11) is 0. The molecular weight excluding hydrogens is 371 g/mol. The van der Waals surface area contributed by atoms with Gasteiger partial charge in [-0.05, 0) is 47.7 Å². The van der Waals surface area contributed by atoms with E-state index >= 15 is 0 Å². The number of benzene rings is 2. The Morgan fingerprint density at radius 3 is 2.71 bits per heavy atom. The van der Waals surface area contributed by atoms with Crippen LogP contribution in [-0.2, 0) is 24.2 Å². The van der Waals surface area contributed by atoms with Crippen LogP contribution in [0.5, 0.6) is 5.75 Å². The molecule has 148 valence electrons. The topological polar surface area (TPSA) is 58.6 Å². The van der Waals surface area contributed by atoms with Gasteiger partial charge in [-0.2, -0.15) is 13.2 Å². The van der Waals surface area contributed by atoms with Crippen LogP contribution >= 0.6 is 0 Å². The van der Waals surface area contributed by atoms with E-state index in [-0.39, 0.29) is 25.0 Å². The van der Waals surface area contributed by atoms with Crippen LogP contribution in [0.3, 0.4) is 0 Å². The number of hydrogen-bond acceptors (Lipinski definition) is 3. The number of fused-ring (bicyclic) bond motifs is 1. The Kier molecular flexibility index (Phi) is 5.36. The molecule has 0 saturated carbocycles. The summed E-state index contributed by atoms with van der Waals surface area (Å²) in [4.78, 5) is 11.0. The quantitative estimate of drug-likeness (QED) is 0.728. The fourth-order valence-electron chi connectivity index (χ4n) is 3.35. The molecule has 28 heavy (non-hydrogen) atoms. The van der Waals surface area contributed by atoms with Crippen LogP contribution in [0, 0.1) is 6.92 Å². The lowest BCUT2D eigenvalue weighted by Gasteiger charge is -2.32. The number of rotatable bonds is 5. The second-order valence-corrected chi connectivity index (χ2v) is 6.86. The maximum atomic E-state index is 13.2. The van der Waals surface area contributed by atoms with E-state index in [1.807, 2.05) is 13.0 Å². The Morgan fingerprint density at radius 2 is 2.04 bits per heavy atom. The Bertz CT molecular complexity index is 922. The number of alkyl halides is 3. The van der Waals surface area contributed by atoms with E-state index in [9.17, 15) is 18.0 Å². The summed E-state index contributed by atoms with van der Waals surface area (Å²) in [5.74, 6) is -0.530. The van der Waals surface area contributed by atoms with Crippen molar-refractivity contribution in [2.45, 2.75) is 38.6 Å². The van der Waals surface area contributed by atoms with E-state index < -0.39 is 18.2 Å². The van der Waals surface area contributed by atoms with Crippen molar-refractivity contribution < 1.29 is 27.8 Å². The number of aliphatic carboxylic acids is 1. The molecule has 0 radical (unpaired) electrons. The van der Waals surface area contributed by atoms with Crippen LogP contribution in [0.1, 0.15) is 22.3 Å². The summed E-state index contributed by atoms with van der Waals surface area (Å²) in [5.41, 5.74) is 3.39. The molecule has 2 N–H and O–H groups in total. The highest BCUT2D eigenvalue weighted by atomic mass is 19.4. The fraction of sp³-hybridized carbons (Fsp3) is 0.286. The second-order valence-electron chi connectivity index (χ2n) is 6.86. The number of anilines is 1. The van der Waals surface area contributed by atoms with Gasteiger partial charge in [0, 0.05) is 11.3 Å². The molecule has 1 aliphatic rings. The van der Waals surface area contributed by atoms with Crippen LogP contribution in [-0.4, -0.2) is 23.3 Å². The first-order valence-corrected chi connectivity index (χ1v) is 8.71. The smallest absolute Gasteiger partial charge is 0.412 e. The molecular formula is C21H20F3NO3. The third-order valence-electron chi connectivity index (χ3n) is 4.68. The van der Waals surface area contributed by atoms with Gasteiger partial charge in [0.1, 0.15) is 18.4 Å². The number of hydrogen-bond donors (Lipinski definition) is 2. The summed E-state index contributed by atoms with van der Waals surface area (Å²) in [6, 6.07) is 8.54. The van der Waals surface area contributed by atoms with Gasteiger partial charge in [-0.1, -0.05) is 30.8 Å². The van der Waals surface area contributed by atoms with Gasteiger partial charge < -0.3 is 15.2 Å². The second kappa shape index (κ2) is 7.58. The number of carboxylic acids is 1. The van der Waals surface area contributed by atoms with Crippen molar-refractivity contribution in [3.05, 3.63) is 70.8 Å². The van der Waals surface area contributed by atoms with E-state index in [2.05, 4.69) is 11.9 Å². The minimum Gasteiger partial charge on any atom is -0.489 e. The van der Waals surface area contributed by atoms with Crippen molar-refractivity contribution in [2.24, 2.45) is 0 Å². The Labute approximate surface area is 160 Å². The number of halogens is 3. The highest BCUT2D eigenvalue weighted by Crippen LogP contribution is 2.37. The van der Waals surface area contributed by atoms with Crippen LogP contribution in [0.25, 0.3) is 0 Å². The summed E-state index contributed by atoms with van der Waals surface area (Å²) >= 11 is 0. The largest absolute Gasteiger partial charge is 0.489 e. The fourth-order valence-corrected chi connectivity index (χ4v) is 3.35. The zero-order valence-electron chi connectivity index (χ0n) is 15.3. The van der Waals surface area contributed by atoms with Crippen LogP contribution in [0.2, 0.25) is 0 Å². The molecule has 2 aromatic carbocycles. The molecule has 0 spiro atoms. The number of nitrogens with one attached hydrogen (secondary N) is 1. The normalized spacial score (nSPS) is 16.3. The van der Waals surface area contributed by atoms with E-state index in [0.29, 0.717) is 22.6 Å². The third-order valence-corrected chi connectivity index (χ3v) is 4.68. The molecule has 0 fully saturated rings. The highest BCUT2D eigenvalue weighted by molar-refractivity contribution is 5.71. The first-order chi connectivity index (χ1) is 13.1. The summed E-state index contributed by atoms with van der Waals surface area (Å²) in [6.07, 6.45) is -4.41. The first kappa shape index (κ1) is 19.8. The lowest BCUT2D eigenvalue weighted by molar-refractivity contribution is -0.136. The molecule has 0 saturated heterocycles. The molecule has 0 bridgehead atoms. The van der Waals surface area contributed by atoms with Gasteiger partial charge >= 0.3 is 12.1 Å². The predicted molar refractivity (Wildman–Crippen MR) is 99.6 cm³/mol. The number of ether oxygens (including phenoxy) is 1. The first-order valence-electron chi connectivity index (χ1n) is 8.71. The summed E-state index contributed by atoms with van der Waals surface area (Å²) in [5, 5.41) is 11.5. The molecule has 0 amide bonds. The van der Waals surface area contributed by atoms with Crippen molar-refractivity contribution in [1.82, 2.24) is 0 Å². The Hall–Kier alpha value is -2.96. The minimum atomic E-state index is -4.41. The lowest BCUT2D eigenvalue weighted by atomic mass is 9.89. The van der Waals surface area contributed by atoms with Crippen molar-refractivity contribution in [2.75, 3.05) is 5.32 Å². The van der Waals surface area contributed by atoms with Crippen molar-refractivity contribution >= 4 is 11.7 Å². The maximum absolute atomic E-state index is 13.2. The van der Waals surface area contributed by atoms with Gasteiger partial charge in [0.15, 0.2) is 0 Å². The SMILES string of the molecule is C=C1Cc2c(C)cc(COc3ccccc3CC(=O)O)cc2NC1C(F)(F)F. The average Bonchev–Trinajstić information content (AvgIpc) is 2.60. The third kappa shape index (κ3) is 4.30. The minimum absolute atomic E-state index is 0.0923. The molecule has 4 nitrogen and oxygen atoms in total. The number of para-hydroxylation sites is 1. The highest BCUT2D eigenvalue weighted by Gasteiger charge is 2.43. The Balaban J connectivity index is 1.82. The predicted octanol–water partition coefficient (Wildman–Crippen LogP) is 4.66. The maximum Gasteiger partial charge on any atom is 0.412 e. The van der Waals surface area contributed by atoms with Crippen LogP contribution < -0.4 is 10.1 Å². The zero-order valence-corrected chi connectivity index (χ0v) is 15.3. The van der Waals surface area contributed by atoms with Crippen molar-refractivity contribution in [3.8, 4) is 5.75 Å². The molecule has 0 aliphatic carbocycles. The van der Waals surface area contributed by atoms with Gasteiger partial charge in [0.2, 0.25) is 0 Å². The molecule has 2 aromatic rings. The molecule has 1 atom stereocenters. The van der Waals surface area contributed by atoms with E-state index in [1.54, 1.807) is 30.3 Å².